The van der Waals surface area contributed by atoms with Crippen LogP contribution in [0.2, 0.25) is 0 Å². The number of para-hydroxylation sites is 1. The predicted molar refractivity (Wildman–Crippen MR) is 193 cm³/mol. The number of ketones is 1. The van der Waals surface area contributed by atoms with Gasteiger partial charge < -0.3 is 16.0 Å². The first-order valence-corrected chi connectivity index (χ1v) is 17.6. The molecule has 44 heavy (non-hydrogen) atoms. The molecule has 3 rings (SSSR count). The van der Waals surface area contributed by atoms with Crippen LogP contribution in [-0.2, 0) is 4.79 Å². The van der Waals surface area contributed by atoms with Crippen molar-refractivity contribution in [3.8, 4) is 0 Å². The first-order valence-electron chi connectivity index (χ1n) is 17.6. The SMILES string of the molecule is C=C1C(C(=C2CCC(CCNCCCNCC)CC2)C(=C/C)/C(C)=C\C)=C(Nc2ccccc2)C(=O)CC1C(C)CC.CC. The minimum absolute atomic E-state index is 0.161. The van der Waals surface area contributed by atoms with Gasteiger partial charge in [0.15, 0.2) is 5.78 Å². The van der Waals surface area contributed by atoms with Gasteiger partial charge in [0.1, 0.15) is 0 Å². The van der Waals surface area contributed by atoms with Crippen LogP contribution in [0.4, 0.5) is 5.69 Å². The van der Waals surface area contributed by atoms with Crippen LogP contribution >= 0.6 is 0 Å². The summed E-state index contributed by atoms with van der Waals surface area (Å²) >= 11 is 0. The fourth-order valence-corrected chi connectivity index (χ4v) is 6.56. The maximum absolute atomic E-state index is 14.0. The molecule has 1 aromatic rings. The van der Waals surface area contributed by atoms with Crippen LogP contribution in [0, 0.1) is 17.8 Å². The molecule has 0 spiro atoms. The van der Waals surface area contributed by atoms with Gasteiger partial charge in [-0.3, -0.25) is 4.79 Å². The van der Waals surface area contributed by atoms with Crippen molar-refractivity contribution >= 4 is 11.5 Å². The Labute approximate surface area is 270 Å². The van der Waals surface area contributed by atoms with Gasteiger partial charge in [0, 0.05) is 17.7 Å². The van der Waals surface area contributed by atoms with E-state index in [0.717, 1.165) is 73.9 Å². The van der Waals surface area contributed by atoms with Crippen molar-refractivity contribution in [1.29, 1.82) is 0 Å². The monoisotopic (exact) mass is 601 g/mol. The fourth-order valence-electron chi connectivity index (χ4n) is 6.56. The van der Waals surface area contributed by atoms with E-state index in [4.69, 9.17) is 6.58 Å². The Morgan fingerprint density at radius 3 is 2.25 bits per heavy atom. The van der Waals surface area contributed by atoms with E-state index in [1.165, 1.54) is 48.0 Å². The molecule has 4 nitrogen and oxygen atoms in total. The third-order valence-corrected chi connectivity index (χ3v) is 9.49. The molecular weight excluding hydrogens is 538 g/mol. The molecule has 0 aromatic heterocycles. The highest BCUT2D eigenvalue weighted by Gasteiger charge is 2.37. The molecule has 1 fully saturated rings. The molecule has 0 heterocycles. The van der Waals surface area contributed by atoms with E-state index < -0.39 is 0 Å². The van der Waals surface area contributed by atoms with Crippen LogP contribution in [0.15, 0.2) is 88.2 Å². The van der Waals surface area contributed by atoms with Crippen LogP contribution in [0.25, 0.3) is 0 Å². The van der Waals surface area contributed by atoms with E-state index in [-0.39, 0.29) is 11.7 Å². The van der Waals surface area contributed by atoms with Crippen molar-refractivity contribution in [1.82, 2.24) is 10.6 Å². The molecule has 1 saturated carbocycles. The van der Waals surface area contributed by atoms with E-state index in [1.54, 1.807) is 0 Å². The number of hydrogen-bond acceptors (Lipinski definition) is 4. The van der Waals surface area contributed by atoms with Crippen molar-refractivity contribution in [2.75, 3.05) is 31.5 Å². The molecular formula is C40H63N3O. The van der Waals surface area contributed by atoms with Crippen molar-refractivity contribution in [2.45, 2.75) is 107 Å². The molecule has 0 amide bonds. The topological polar surface area (TPSA) is 53.2 Å². The fraction of sp³-hybridized carbons (Fsp3) is 0.575. The van der Waals surface area contributed by atoms with E-state index in [9.17, 15) is 4.79 Å². The zero-order chi connectivity index (χ0) is 32.5. The zero-order valence-corrected chi connectivity index (χ0v) is 29.4. The summed E-state index contributed by atoms with van der Waals surface area (Å²) in [5.74, 6) is 1.51. The molecule has 2 aliphatic rings. The quantitative estimate of drug-likeness (QED) is 0.138. The van der Waals surface area contributed by atoms with Gasteiger partial charge in [-0.1, -0.05) is 83.5 Å². The highest BCUT2D eigenvalue weighted by atomic mass is 16.1. The number of hydrogen-bond donors (Lipinski definition) is 3. The minimum Gasteiger partial charge on any atom is -0.352 e. The summed E-state index contributed by atoms with van der Waals surface area (Å²) in [4.78, 5) is 14.0. The molecule has 0 radical (unpaired) electrons. The van der Waals surface area contributed by atoms with Crippen molar-refractivity contribution in [3.05, 3.63) is 88.2 Å². The number of carbonyl (C=O) groups excluding carboxylic acids is 1. The number of anilines is 1. The summed E-state index contributed by atoms with van der Waals surface area (Å²) in [6.07, 6.45) is 13.0. The summed E-state index contributed by atoms with van der Waals surface area (Å²) in [6.45, 7) is 26.2. The van der Waals surface area contributed by atoms with Gasteiger partial charge in [-0.25, -0.2) is 0 Å². The number of Topliss-reactive ketones (excluding diaryl/α,β-unsaturated/α-hetero) is 1. The second-order valence-electron chi connectivity index (χ2n) is 12.2. The van der Waals surface area contributed by atoms with Crippen LogP contribution in [0.5, 0.6) is 0 Å². The van der Waals surface area contributed by atoms with Gasteiger partial charge in [-0.15, -0.1) is 0 Å². The van der Waals surface area contributed by atoms with Crippen LogP contribution in [0.3, 0.4) is 0 Å². The zero-order valence-electron chi connectivity index (χ0n) is 29.4. The Kier molecular flexibility index (Phi) is 17.4. The average molecular weight is 602 g/mol. The Bertz CT molecular complexity index is 1160. The van der Waals surface area contributed by atoms with Crippen molar-refractivity contribution in [3.63, 3.8) is 0 Å². The molecule has 0 saturated heterocycles. The molecule has 4 heteroatoms. The summed E-state index contributed by atoms with van der Waals surface area (Å²) in [6, 6.07) is 10.1. The van der Waals surface area contributed by atoms with Gasteiger partial charge in [0.2, 0.25) is 0 Å². The molecule has 2 unspecified atom stereocenters. The highest BCUT2D eigenvalue weighted by Crippen LogP contribution is 2.46. The van der Waals surface area contributed by atoms with Gasteiger partial charge in [0.05, 0.1) is 5.70 Å². The lowest BCUT2D eigenvalue weighted by Crippen LogP contribution is -2.30. The Hall–Kier alpha value is -2.69. The first kappa shape index (κ1) is 37.5. The Morgan fingerprint density at radius 1 is 1.00 bits per heavy atom. The second kappa shape index (κ2) is 20.4. The third kappa shape index (κ3) is 10.4. The lowest BCUT2D eigenvalue weighted by Gasteiger charge is -2.36. The molecule has 0 bridgehead atoms. The van der Waals surface area contributed by atoms with Crippen molar-refractivity contribution in [2.24, 2.45) is 17.8 Å². The second-order valence-corrected chi connectivity index (χ2v) is 12.2. The molecule has 244 valence electrons. The summed E-state index contributed by atoms with van der Waals surface area (Å²) in [5, 5.41) is 10.6. The lowest BCUT2D eigenvalue weighted by atomic mass is 9.69. The molecule has 1 aromatic carbocycles. The van der Waals surface area contributed by atoms with Crippen molar-refractivity contribution < 1.29 is 4.79 Å². The minimum atomic E-state index is 0.161. The maximum atomic E-state index is 14.0. The predicted octanol–water partition coefficient (Wildman–Crippen LogP) is 9.95. The smallest absolute Gasteiger partial charge is 0.180 e. The number of carbonyl (C=O) groups is 1. The molecule has 3 N–H and O–H groups in total. The normalized spacial score (nSPS) is 20.3. The Morgan fingerprint density at radius 2 is 1.66 bits per heavy atom. The molecule has 0 aliphatic heterocycles. The number of allylic oxidation sites excluding steroid dienone is 9. The van der Waals surface area contributed by atoms with E-state index in [0.29, 0.717) is 12.3 Å². The third-order valence-electron chi connectivity index (χ3n) is 9.49. The van der Waals surface area contributed by atoms with Crippen LogP contribution in [0.1, 0.15) is 107 Å². The van der Waals surface area contributed by atoms with Gasteiger partial charge in [-0.2, -0.15) is 0 Å². The van der Waals surface area contributed by atoms with Crippen LogP contribution < -0.4 is 16.0 Å². The summed E-state index contributed by atoms with van der Waals surface area (Å²) in [5.41, 5.74) is 9.10. The van der Waals surface area contributed by atoms with E-state index in [2.05, 4.69) is 69.6 Å². The summed E-state index contributed by atoms with van der Waals surface area (Å²) in [7, 11) is 0. The van der Waals surface area contributed by atoms with E-state index >= 15 is 0 Å². The van der Waals surface area contributed by atoms with E-state index in [1.807, 2.05) is 44.2 Å². The van der Waals surface area contributed by atoms with Gasteiger partial charge >= 0.3 is 0 Å². The molecule has 2 atom stereocenters. The highest BCUT2D eigenvalue weighted by molar-refractivity contribution is 6.03. The maximum Gasteiger partial charge on any atom is 0.180 e. The summed E-state index contributed by atoms with van der Waals surface area (Å²) < 4.78 is 0. The number of benzene rings is 1. The largest absolute Gasteiger partial charge is 0.352 e. The average Bonchev–Trinajstić information content (AvgIpc) is 3.06. The number of nitrogens with one attached hydrogen (secondary N) is 3. The first-order chi connectivity index (χ1) is 21.4. The Balaban J connectivity index is 0.00000330. The standard InChI is InChI=1S/C38H57N3O.C2H6/c1-8-27(5)33(10-3)37(31-20-18-30(19-21-31)22-25-40-24-15-23-39-11-4)36-29(7)34(28(6)9-2)26-35(42)38(36)41-32-16-13-12-14-17-32;1-2/h8,10,12-14,16-17,28,30,34,39-41H,7,9,11,15,18-26H2,1-6H3;1-2H3/b27-8-,33-10+,37-31?;. The lowest BCUT2D eigenvalue weighted by molar-refractivity contribution is -0.116. The number of rotatable bonds is 15. The van der Waals surface area contributed by atoms with Gasteiger partial charge in [0.25, 0.3) is 0 Å². The van der Waals surface area contributed by atoms with Crippen LogP contribution in [-0.4, -0.2) is 32.0 Å². The molecule has 2 aliphatic carbocycles. The van der Waals surface area contributed by atoms with Gasteiger partial charge in [-0.05, 0) is 138 Å².